The van der Waals surface area contributed by atoms with Crippen molar-refractivity contribution in [2.45, 2.75) is 18.8 Å². The Balaban J connectivity index is 1.84. The molecular formula is C23H20. The van der Waals surface area contributed by atoms with E-state index in [1.54, 1.807) is 0 Å². The second-order valence-corrected chi connectivity index (χ2v) is 6.26. The fourth-order valence-electron chi connectivity index (χ4n) is 3.73. The molecule has 0 saturated carbocycles. The first-order valence-electron chi connectivity index (χ1n) is 8.26. The maximum Gasteiger partial charge on any atom is 0.00878 e. The molecule has 0 amide bonds. The van der Waals surface area contributed by atoms with Crippen molar-refractivity contribution < 1.29 is 0 Å². The van der Waals surface area contributed by atoms with E-state index in [1.807, 2.05) is 0 Å². The highest BCUT2D eigenvalue weighted by Crippen LogP contribution is 2.44. The maximum atomic E-state index is 2.36. The Hall–Kier alpha value is -2.60. The van der Waals surface area contributed by atoms with Gasteiger partial charge >= 0.3 is 0 Å². The van der Waals surface area contributed by atoms with Crippen LogP contribution in [0.1, 0.15) is 35.4 Å². The molecule has 3 aromatic carbocycles. The summed E-state index contributed by atoms with van der Waals surface area (Å²) in [6.07, 6.45) is 4.65. The summed E-state index contributed by atoms with van der Waals surface area (Å²) in [6.45, 7) is 2.35. The Labute approximate surface area is 138 Å². The van der Waals surface area contributed by atoms with Crippen LogP contribution in [-0.2, 0) is 0 Å². The van der Waals surface area contributed by atoms with E-state index >= 15 is 0 Å². The van der Waals surface area contributed by atoms with Gasteiger partial charge in [0.25, 0.3) is 0 Å². The summed E-state index contributed by atoms with van der Waals surface area (Å²) in [5, 5.41) is 0. The zero-order valence-corrected chi connectivity index (χ0v) is 13.3. The van der Waals surface area contributed by atoms with Gasteiger partial charge in [-0.05, 0) is 33.7 Å². The van der Waals surface area contributed by atoms with E-state index in [4.69, 9.17) is 0 Å². The van der Waals surface area contributed by atoms with Gasteiger partial charge in [0, 0.05) is 5.92 Å². The standard InChI is InChI=1S/C23H20/c1-17-21(18-9-4-2-5-10-18)16-15-20-13-8-14-22(23(17)20)19-11-6-3-7-12-19/h2-17,21H,1H3. The molecule has 4 rings (SSSR count). The third kappa shape index (κ3) is 2.51. The van der Waals surface area contributed by atoms with E-state index in [-0.39, 0.29) is 0 Å². The lowest BCUT2D eigenvalue weighted by atomic mass is 9.74. The SMILES string of the molecule is CC1c2c(cccc2-c2ccccc2)C=CC1c1ccccc1. The smallest absolute Gasteiger partial charge is 0.00878 e. The summed E-state index contributed by atoms with van der Waals surface area (Å²) in [5.74, 6) is 0.905. The molecule has 0 aromatic heterocycles. The van der Waals surface area contributed by atoms with Crippen molar-refractivity contribution in [3.63, 3.8) is 0 Å². The Morgan fingerprint density at radius 1 is 0.696 bits per heavy atom. The van der Waals surface area contributed by atoms with Crippen LogP contribution < -0.4 is 0 Å². The van der Waals surface area contributed by atoms with Crippen LogP contribution in [-0.4, -0.2) is 0 Å². The van der Waals surface area contributed by atoms with Crippen LogP contribution in [0.15, 0.2) is 84.9 Å². The average molecular weight is 296 g/mol. The average Bonchev–Trinajstić information content (AvgIpc) is 2.63. The molecule has 0 N–H and O–H groups in total. The summed E-state index contributed by atoms with van der Waals surface area (Å²) in [6, 6.07) is 28.2. The molecule has 0 bridgehead atoms. The number of fused-ring (bicyclic) bond motifs is 1. The van der Waals surface area contributed by atoms with Gasteiger partial charge < -0.3 is 0 Å². The molecule has 0 aliphatic heterocycles. The monoisotopic (exact) mass is 296 g/mol. The largest absolute Gasteiger partial charge is 0.0758 e. The third-order valence-electron chi connectivity index (χ3n) is 4.89. The first kappa shape index (κ1) is 14.0. The zero-order valence-electron chi connectivity index (χ0n) is 13.3. The molecule has 1 aliphatic carbocycles. The molecule has 0 saturated heterocycles. The van der Waals surface area contributed by atoms with Crippen molar-refractivity contribution in [2.24, 2.45) is 0 Å². The molecule has 0 spiro atoms. The molecule has 0 heterocycles. The van der Waals surface area contributed by atoms with E-state index in [0.29, 0.717) is 11.8 Å². The van der Waals surface area contributed by atoms with Gasteiger partial charge in [-0.25, -0.2) is 0 Å². The van der Waals surface area contributed by atoms with Gasteiger partial charge in [-0.15, -0.1) is 0 Å². The molecule has 0 fully saturated rings. The minimum atomic E-state index is 0.438. The van der Waals surface area contributed by atoms with E-state index in [9.17, 15) is 0 Å². The number of benzene rings is 3. The van der Waals surface area contributed by atoms with Crippen molar-refractivity contribution in [3.05, 3.63) is 102 Å². The van der Waals surface area contributed by atoms with Crippen LogP contribution in [0, 0.1) is 0 Å². The molecule has 3 aromatic rings. The van der Waals surface area contributed by atoms with Crippen molar-refractivity contribution in [2.75, 3.05) is 0 Å². The Morgan fingerprint density at radius 3 is 2.13 bits per heavy atom. The highest BCUT2D eigenvalue weighted by atomic mass is 14.3. The quantitative estimate of drug-likeness (QED) is 0.523. The Kier molecular flexibility index (Phi) is 3.59. The molecule has 23 heavy (non-hydrogen) atoms. The topological polar surface area (TPSA) is 0 Å². The van der Waals surface area contributed by atoms with Gasteiger partial charge in [0.1, 0.15) is 0 Å². The number of rotatable bonds is 2. The molecule has 1 aliphatic rings. The molecule has 112 valence electrons. The number of allylic oxidation sites excluding steroid dienone is 1. The van der Waals surface area contributed by atoms with Gasteiger partial charge in [0.15, 0.2) is 0 Å². The lowest BCUT2D eigenvalue weighted by Crippen LogP contribution is -2.12. The predicted molar refractivity (Wildman–Crippen MR) is 98.5 cm³/mol. The minimum Gasteiger partial charge on any atom is -0.0758 e. The molecule has 0 nitrogen and oxygen atoms in total. The predicted octanol–water partition coefficient (Wildman–Crippen LogP) is 6.27. The van der Waals surface area contributed by atoms with Crippen molar-refractivity contribution in [1.29, 1.82) is 0 Å². The van der Waals surface area contributed by atoms with Gasteiger partial charge in [-0.2, -0.15) is 0 Å². The third-order valence-corrected chi connectivity index (χ3v) is 4.89. The number of hydrogen-bond donors (Lipinski definition) is 0. The summed E-state index contributed by atoms with van der Waals surface area (Å²) in [7, 11) is 0. The molecule has 0 radical (unpaired) electrons. The molecule has 2 atom stereocenters. The molecule has 0 heteroatoms. The van der Waals surface area contributed by atoms with E-state index in [0.717, 1.165) is 0 Å². The second kappa shape index (κ2) is 5.89. The summed E-state index contributed by atoms with van der Waals surface area (Å²) < 4.78 is 0. The zero-order chi connectivity index (χ0) is 15.6. The van der Waals surface area contributed by atoms with Crippen LogP contribution in [0.2, 0.25) is 0 Å². The van der Waals surface area contributed by atoms with Gasteiger partial charge in [0.05, 0.1) is 0 Å². The fraction of sp³-hybridized carbons (Fsp3) is 0.130. The summed E-state index contributed by atoms with van der Waals surface area (Å²) in [4.78, 5) is 0. The molecular weight excluding hydrogens is 276 g/mol. The van der Waals surface area contributed by atoms with Crippen LogP contribution in [0.25, 0.3) is 17.2 Å². The van der Waals surface area contributed by atoms with Gasteiger partial charge in [0.2, 0.25) is 0 Å². The lowest BCUT2D eigenvalue weighted by Gasteiger charge is -2.29. The van der Waals surface area contributed by atoms with E-state index in [2.05, 4.69) is 97.9 Å². The first-order chi connectivity index (χ1) is 11.3. The number of hydrogen-bond acceptors (Lipinski definition) is 0. The van der Waals surface area contributed by atoms with E-state index in [1.165, 1.54) is 27.8 Å². The fourth-order valence-corrected chi connectivity index (χ4v) is 3.73. The van der Waals surface area contributed by atoms with Crippen molar-refractivity contribution in [1.82, 2.24) is 0 Å². The highest BCUT2D eigenvalue weighted by Gasteiger charge is 2.26. The van der Waals surface area contributed by atoms with Crippen molar-refractivity contribution in [3.8, 4) is 11.1 Å². The van der Waals surface area contributed by atoms with Gasteiger partial charge in [-0.1, -0.05) is 97.9 Å². The van der Waals surface area contributed by atoms with Crippen LogP contribution in [0.5, 0.6) is 0 Å². The summed E-state index contributed by atoms with van der Waals surface area (Å²) >= 11 is 0. The van der Waals surface area contributed by atoms with Crippen LogP contribution in [0.3, 0.4) is 0 Å². The normalized spacial score (nSPS) is 19.3. The lowest BCUT2D eigenvalue weighted by molar-refractivity contribution is 0.671. The van der Waals surface area contributed by atoms with Crippen LogP contribution >= 0.6 is 0 Å². The first-order valence-corrected chi connectivity index (χ1v) is 8.26. The minimum absolute atomic E-state index is 0.438. The Morgan fingerprint density at radius 2 is 1.39 bits per heavy atom. The maximum absolute atomic E-state index is 2.36. The van der Waals surface area contributed by atoms with Crippen LogP contribution in [0.4, 0.5) is 0 Å². The van der Waals surface area contributed by atoms with E-state index < -0.39 is 0 Å². The van der Waals surface area contributed by atoms with Crippen molar-refractivity contribution >= 4 is 6.08 Å². The Bertz CT molecular complexity index is 828. The molecule has 2 unspecified atom stereocenters. The van der Waals surface area contributed by atoms with Gasteiger partial charge in [-0.3, -0.25) is 0 Å². The second-order valence-electron chi connectivity index (χ2n) is 6.26. The highest BCUT2D eigenvalue weighted by molar-refractivity contribution is 5.75. The summed E-state index contributed by atoms with van der Waals surface area (Å²) in [5.41, 5.74) is 6.88.